The van der Waals surface area contributed by atoms with Crippen LogP contribution in [0.15, 0.2) is 66.9 Å². The molecule has 0 radical (unpaired) electrons. The Bertz CT molecular complexity index is 1100. The molecule has 0 saturated heterocycles. The number of nitrogens with zero attached hydrogens (tertiary/aromatic N) is 1. The minimum Gasteiger partial charge on any atom is -0.424 e. The van der Waals surface area contributed by atoms with Crippen molar-refractivity contribution in [3.63, 3.8) is 0 Å². The third-order valence-electron chi connectivity index (χ3n) is 4.29. The number of aromatic nitrogens is 1. The SMILES string of the molecule is CC(=O)Oc1c(Nc2ccccc2C)c2cccn2c2ccccc12. The van der Waals surface area contributed by atoms with Crippen molar-refractivity contribution < 1.29 is 9.53 Å². The number of para-hydroxylation sites is 2. The van der Waals surface area contributed by atoms with E-state index in [9.17, 15) is 4.79 Å². The molecule has 4 rings (SSSR count). The van der Waals surface area contributed by atoms with Gasteiger partial charge in [0.05, 0.1) is 11.0 Å². The molecule has 2 aromatic heterocycles. The molecular formula is C21H18N2O2. The van der Waals surface area contributed by atoms with Gasteiger partial charge in [0.1, 0.15) is 5.69 Å². The minimum absolute atomic E-state index is 0.339. The standard InChI is InChI=1S/C21H18N2O2/c1-14-8-3-5-10-17(14)22-20-19-12-7-13-23(19)18-11-6-4-9-16(18)21(20)25-15(2)24/h3-13,22H,1-2H3. The van der Waals surface area contributed by atoms with E-state index in [0.717, 1.165) is 33.4 Å². The lowest BCUT2D eigenvalue weighted by molar-refractivity contribution is -0.131. The van der Waals surface area contributed by atoms with Crippen LogP contribution >= 0.6 is 0 Å². The van der Waals surface area contributed by atoms with Crippen LogP contribution in [0.4, 0.5) is 11.4 Å². The molecule has 4 nitrogen and oxygen atoms in total. The average Bonchev–Trinajstić information content (AvgIpc) is 3.09. The Kier molecular flexibility index (Phi) is 3.65. The molecule has 0 aliphatic carbocycles. The maximum Gasteiger partial charge on any atom is 0.308 e. The summed E-state index contributed by atoms with van der Waals surface area (Å²) in [7, 11) is 0. The van der Waals surface area contributed by atoms with E-state index in [-0.39, 0.29) is 5.97 Å². The average molecular weight is 330 g/mol. The lowest BCUT2D eigenvalue weighted by atomic mass is 10.1. The number of pyridine rings is 1. The fourth-order valence-electron chi connectivity index (χ4n) is 3.14. The first-order valence-electron chi connectivity index (χ1n) is 8.18. The maximum atomic E-state index is 11.7. The molecule has 124 valence electrons. The molecule has 2 heterocycles. The van der Waals surface area contributed by atoms with Crippen molar-refractivity contribution in [3.8, 4) is 5.75 Å². The molecule has 0 saturated carbocycles. The summed E-state index contributed by atoms with van der Waals surface area (Å²) in [4.78, 5) is 11.7. The van der Waals surface area contributed by atoms with E-state index in [1.54, 1.807) is 0 Å². The van der Waals surface area contributed by atoms with Gasteiger partial charge in [-0.05, 0) is 42.8 Å². The van der Waals surface area contributed by atoms with Crippen LogP contribution in [0.2, 0.25) is 0 Å². The minimum atomic E-state index is -0.339. The van der Waals surface area contributed by atoms with Crippen LogP contribution in [-0.2, 0) is 4.79 Å². The Hall–Kier alpha value is -3.27. The molecule has 0 aliphatic heterocycles. The highest BCUT2D eigenvalue weighted by molar-refractivity contribution is 6.01. The number of anilines is 2. The summed E-state index contributed by atoms with van der Waals surface area (Å²) in [6.45, 7) is 3.47. The summed E-state index contributed by atoms with van der Waals surface area (Å²) in [6, 6.07) is 20.0. The van der Waals surface area contributed by atoms with Crippen molar-refractivity contribution in [2.24, 2.45) is 0 Å². The van der Waals surface area contributed by atoms with E-state index in [1.807, 2.05) is 73.8 Å². The fourth-order valence-corrected chi connectivity index (χ4v) is 3.14. The summed E-state index contributed by atoms with van der Waals surface area (Å²) in [5.41, 5.74) is 4.84. The van der Waals surface area contributed by atoms with Gasteiger partial charge in [0, 0.05) is 24.2 Å². The van der Waals surface area contributed by atoms with E-state index in [2.05, 4.69) is 9.72 Å². The Morgan fingerprint density at radius 3 is 2.48 bits per heavy atom. The van der Waals surface area contributed by atoms with Gasteiger partial charge < -0.3 is 14.5 Å². The van der Waals surface area contributed by atoms with Gasteiger partial charge in [-0.15, -0.1) is 0 Å². The van der Waals surface area contributed by atoms with Crippen LogP contribution in [0.1, 0.15) is 12.5 Å². The number of fused-ring (bicyclic) bond motifs is 3. The molecule has 2 aromatic carbocycles. The molecule has 4 heteroatoms. The van der Waals surface area contributed by atoms with Gasteiger partial charge in [-0.1, -0.05) is 30.3 Å². The van der Waals surface area contributed by atoms with Gasteiger partial charge in [0.15, 0.2) is 5.75 Å². The van der Waals surface area contributed by atoms with Crippen LogP contribution in [0.5, 0.6) is 5.75 Å². The molecule has 4 aromatic rings. The third kappa shape index (κ3) is 2.62. The zero-order valence-corrected chi connectivity index (χ0v) is 14.1. The summed E-state index contributed by atoms with van der Waals surface area (Å²) in [5.74, 6) is 0.214. The fraction of sp³-hybridized carbons (Fsp3) is 0.0952. The molecule has 0 bridgehead atoms. The topological polar surface area (TPSA) is 42.7 Å². The number of hydrogen-bond donors (Lipinski definition) is 1. The van der Waals surface area contributed by atoms with E-state index in [0.29, 0.717) is 5.75 Å². The maximum absolute atomic E-state index is 11.7. The lowest BCUT2D eigenvalue weighted by Crippen LogP contribution is -2.07. The van der Waals surface area contributed by atoms with Crippen molar-refractivity contribution in [2.45, 2.75) is 13.8 Å². The number of esters is 1. The second-order valence-electron chi connectivity index (χ2n) is 6.02. The number of hydrogen-bond acceptors (Lipinski definition) is 3. The quantitative estimate of drug-likeness (QED) is 0.533. The second-order valence-corrected chi connectivity index (χ2v) is 6.02. The molecule has 0 spiro atoms. The van der Waals surface area contributed by atoms with Crippen molar-refractivity contribution in [1.82, 2.24) is 4.40 Å². The van der Waals surface area contributed by atoms with Gasteiger partial charge in [-0.25, -0.2) is 0 Å². The van der Waals surface area contributed by atoms with Crippen molar-refractivity contribution in [1.29, 1.82) is 0 Å². The monoisotopic (exact) mass is 330 g/mol. The number of carbonyl (C=O) groups is 1. The first-order valence-corrected chi connectivity index (χ1v) is 8.18. The molecule has 25 heavy (non-hydrogen) atoms. The first-order chi connectivity index (χ1) is 12.1. The number of ether oxygens (including phenoxy) is 1. The lowest BCUT2D eigenvalue weighted by Gasteiger charge is -2.18. The van der Waals surface area contributed by atoms with Gasteiger partial charge in [-0.3, -0.25) is 4.79 Å². The second kappa shape index (κ2) is 5.98. The third-order valence-corrected chi connectivity index (χ3v) is 4.29. The molecule has 1 N–H and O–H groups in total. The summed E-state index contributed by atoms with van der Waals surface area (Å²) < 4.78 is 7.73. The molecule has 0 unspecified atom stereocenters. The highest BCUT2D eigenvalue weighted by Crippen LogP contribution is 2.40. The van der Waals surface area contributed by atoms with Crippen LogP contribution in [-0.4, -0.2) is 10.4 Å². The normalized spacial score (nSPS) is 11.0. The van der Waals surface area contributed by atoms with Gasteiger partial charge in [-0.2, -0.15) is 0 Å². The summed E-state index contributed by atoms with van der Waals surface area (Å²) in [6.07, 6.45) is 2.01. The number of aryl methyl sites for hydroxylation is 1. The molecule has 0 fully saturated rings. The molecule has 0 atom stereocenters. The highest BCUT2D eigenvalue weighted by Gasteiger charge is 2.17. The van der Waals surface area contributed by atoms with Gasteiger partial charge in [0.25, 0.3) is 0 Å². The zero-order valence-electron chi connectivity index (χ0n) is 14.1. The van der Waals surface area contributed by atoms with Crippen LogP contribution in [0.25, 0.3) is 16.4 Å². The first kappa shape index (κ1) is 15.3. The Morgan fingerprint density at radius 2 is 1.68 bits per heavy atom. The molecular weight excluding hydrogens is 312 g/mol. The van der Waals surface area contributed by atoms with Gasteiger partial charge in [0.2, 0.25) is 0 Å². The van der Waals surface area contributed by atoms with E-state index < -0.39 is 0 Å². The number of rotatable bonds is 3. The summed E-state index contributed by atoms with van der Waals surface area (Å²) in [5, 5.41) is 4.36. The number of nitrogens with one attached hydrogen (secondary N) is 1. The molecule has 0 amide bonds. The smallest absolute Gasteiger partial charge is 0.308 e. The summed E-state index contributed by atoms with van der Waals surface area (Å²) >= 11 is 0. The van der Waals surface area contributed by atoms with Crippen molar-refractivity contribution >= 4 is 33.8 Å². The van der Waals surface area contributed by atoms with Gasteiger partial charge >= 0.3 is 5.97 Å². The Balaban J connectivity index is 2.04. The van der Waals surface area contributed by atoms with Crippen LogP contribution in [0, 0.1) is 6.92 Å². The molecule has 0 aliphatic rings. The van der Waals surface area contributed by atoms with Crippen LogP contribution < -0.4 is 10.1 Å². The van der Waals surface area contributed by atoms with E-state index in [1.165, 1.54) is 6.92 Å². The predicted octanol–water partition coefficient (Wildman–Crippen LogP) is 5.07. The number of benzene rings is 2. The number of carbonyl (C=O) groups excluding carboxylic acids is 1. The van der Waals surface area contributed by atoms with E-state index in [4.69, 9.17) is 4.74 Å². The van der Waals surface area contributed by atoms with Crippen molar-refractivity contribution in [3.05, 3.63) is 72.4 Å². The Labute approximate surface area is 145 Å². The Morgan fingerprint density at radius 1 is 0.960 bits per heavy atom. The zero-order chi connectivity index (χ0) is 17.4. The largest absolute Gasteiger partial charge is 0.424 e. The van der Waals surface area contributed by atoms with E-state index >= 15 is 0 Å². The highest BCUT2D eigenvalue weighted by atomic mass is 16.5. The van der Waals surface area contributed by atoms with Crippen molar-refractivity contribution in [2.75, 3.05) is 5.32 Å². The van der Waals surface area contributed by atoms with Crippen LogP contribution in [0.3, 0.4) is 0 Å². The predicted molar refractivity (Wildman–Crippen MR) is 101 cm³/mol.